The zero-order valence-corrected chi connectivity index (χ0v) is 10.9. The predicted molar refractivity (Wildman–Crippen MR) is 71.5 cm³/mol. The third-order valence-corrected chi connectivity index (χ3v) is 3.06. The second-order valence-corrected chi connectivity index (χ2v) is 5.12. The third kappa shape index (κ3) is 2.85. The third-order valence-electron chi connectivity index (χ3n) is 3.06. The zero-order chi connectivity index (χ0) is 14.0. The molecule has 0 bridgehead atoms. The average Bonchev–Trinajstić information content (AvgIpc) is 2.74. The number of amides is 1. The van der Waals surface area contributed by atoms with Crippen LogP contribution in [0.25, 0.3) is 11.1 Å². The van der Waals surface area contributed by atoms with Gasteiger partial charge in [0.1, 0.15) is 0 Å². The van der Waals surface area contributed by atoms with Crippen LogP contribution in [-0.2, 0) is 11.3 Å². The number of oxazole rings is 1. The van der Waals surface area contributed by atoms with Gasteiger partial charge in [0.05, 0.1) is 10.9 Å². The summed E-state index contributed by atoms with van der Waals surface area (Å²) >= 11 is 0. The van der Waals surface area contributed by atoms with Crippen molar-refractivity contribution in [2.75, 3.05) is 6.54 Å². The maximum Gasteiger partial charge on any atom is 0.417 e. The van der Waals surface area contributed by atoms with Crippen LogP contribution in [0.5, 0.6) is 0 Å². The normalized spacial score (nSPS) is 11.7. The Kier molecular flexibility index (Phi) is 3.44. The molecule has 1 aromatic heterocycles. The van der Waals surface area contributed by atoms with Crippen LogP contribution in [0.2, 0.25) is 0 Å². The van der Waals surface area contributed by atoms with Crippen molar-refractivity contribution in [3.05, 3.63) is 34.3 Å². The van der Waals surface area contributed by atoms with Crippen LogP contribution in [0.15, 0.2) is 27.4 Å². The fourth-order valence-corrected chi connectivity index (χ4v) is 1.61. The Hall–Kier alpha value is -2.08. The van der Waals surface area contributed by atoms with Gasteiger partial charge in [-0.3, -0.25) is 9.78 Å². The number of nitrogens with two attached hydrogens (primary N) is 1. The minimum absolute atomic E-state index is 0.106. The first-order valence-electron chi connectivity index (χ1n) is 6.02. The smallest absolute Gasteiger partial charge is 0.408 e. The molecule has 0 aliphatic rings. The van der Waals surface area contributed by atoms with Gasteiger partial charge in [0.2, 0.25) is 5.91 Å². The molecular weight excluding hydrogens is 246 g/mol. The molecule has 0 radical (unpaired) electrons. The molecule has 102 valence electrons. The first-order chi connectivity index (χ1) is 8.92. The lowest BCUT2D eigenvalue weighted by Crippen LogP contribution is -2.41. The van der Waals surface area contributed by atoms with E-state index < -0.39 is 11.2 Å². The van der Waals surface area contributed by atoms with Gasteiger partial charge in [-0.05, 0) is 31.5 Å². The van der Waals surface area contributed by atoms with Crippen LogP contribution in [-0.4, -0.2) is 17.4 Å². The van der Waals surface area contributed by atoms with E-state index in [2.05, 4.69) is 10.3 Å². The van der Waals surface area contributed by atoms with Crippen molar-refractivity contribution in [3.8, 4) is 0 Å². The van der Waals surface area contributed by atoms with Crippen molar-refractivity contribution in [1.82, 2.24) is 10.3 Å². The molecule has 6 nitrogen and oxygen atoms in total. The Morgan fingerprint density at radius 1 is 1.47 bits per heavy atom. The van der Waals surface area contributed by atoms with Gasteiger partial charge in [-0.1, -0.05) is 6.07 Å². The monoisotopic (exact) mass is 263 g/mol. The Morgan fingerprint density at radius 3 is 2.89 bits per heavy atom. The van der Waals surface area contributed by atoms with Crippen molar-refractivity contribution >= 4 is 17.0 Å². The first-order valence-corrected chi connectivity index (χ1v) is 6.02. The van der Waals surface area contributed by atoms with Crippen molar-refractivity contribution in [2.45, 2.75) is 20.4 Å². The fraction of sp³-hybridized carbons (Fsp3) is 0.385. The standard InChI is InChI=1S/C13H17N3O3/c1-13(2,7-14)11(17)15-6-8-3-4-9-10(5-8)19-12(18)16-9/h3-5H,6-7,14H2,1-2H3,(H,15,17)(H,16,18). The summed E-state index contributed by atoms with van der Waals surface area (Å²) in [6.07, 6.45) is 0. The second-order valence-electron chi connectivity index (χ2n) is 5.12. The predicted octanol–water partition coefficient (Wildman–Crippen LogP) is 0.722. The topological polar surface area (TPSA) is 101 Å². The van der Waals surface area contributed by atoms with Gasteiger partial charge in [-0.15, -0.1) is 0 Å². The molecule has 1 aromatic carbocycles. The summed E-state index contributed by atoms with van der Waals surface area (Å²) in [5, 5.41) is 2.81. The van der Waals surface area contributed by atoms with Crippen LogP contribution < -0.4 is 16.8 Å². The lowest BCUT2D eigenvalue weighted by Gasteiger charge is -2.21. The molecule has 0 spiro atoms. The minimum atomic E-state index is -0.593. The summed E-state index contributed by atoms with van der Waals surface area (Å²) in [6, 6.07) is 5.29. The molecule has 19 heavy (non-hydrogen) atoms. The van der Waals surface area contributed by atoms with E-state index in [4.69, 9.17) is 10.2 Å². The maximum absolute atomic E-state index is 11.9. The number of fused-ring (bicyclic) bond motifs is 1. The number of H-pyrrole nitrogens is 1. The summed E-state index contributed by atoms with van der Waals surface area (Å²) < 4.78 is 4.96. The minimum Gasteiger partial charge on any atom is -0.408 e. The average molecular weight is 263 g/mol. The van der Waals surface area contributed by atoms with Gasteiger partial charge >= 0.3 is 5.76 Å². The largest absolute Gasteiger partial charge is 0.417 e. The Morgan fingerprint density at radius 2 is 2.21 bits per heavy atom. The van der Waals surface area contributed by atoms with Crippen molar-refractivity contribution < 1.29 is 9.21 Å². The summed E-state index contributed by atoms with van der Waals surface area (Å²) in [5.74, 6) is -0.592. The highest BCUT2D eigenvalue weighted by molar-refractivity contribution is 5.82. The first kappa shape index (κ1) is 13.4. The van der Waals surface area contributed by atoms with Crippen molar-refractivity contribution in [1.29, 1.82) is 0 Å². The molecule has 1 amide bonds. The highest BCUT2D eigenvalue weighted by atomic mass is 16.4. The number of aromatic amines is 1. The van der Waals surface area contributed by atoms with E-state index in [9.17, 15) is 9.59 Å². The summed E-state index contributed by atoms with van der Waals surface area (Å²) in [4.78, 5) is 25.5. The van der Waals surface area contributed by atoms with Crippen molar-refractivity contribution in [2.24, 2.45) is 11.1 Å². The number of benzene rings is 1. The Bertz CT molecular complexity index is 654. The number of hydrogen-bond donors (Lipinski definition) is 3. The van der Waals surface area contributed by atoms with Gasteiger partial charge in [-0.2, -0.15) is 0 Å². The lowest BCUT2D eigenvalue weighted by atomic mass is 9.92. The zero-order valence-electron chi connectivity index (χ0n) is 10.9. The summed E-state index contributed by atoms with van der Waals surface area (Å²) in [7, 11) is 0. The molecule has 0 atom stereocenters. The number of carbonyl (C=O) groups is 1. The molecule has 1 heterocycles. The molecule has 0 unspecified atom stereocenters. The van der Waals surface area contributed by atoms with E-state index in [-0.39, 0.29) is 12.5 Å². The SMILES string of the molecule is CC(C)(CN)C(=O)NCc1ccc2[nH]c(=O)oc2c1. The van der Waals surface area contributed by atoms with Crippen LogP contribution in [0.3, 0.4) is 0 Å². The Labute approximate surface area is 110 Å². The highest BCUT2D eigenvalue weighted by Gasteiger charge is 2.25. The lowest BCUT2D eigenvalue weighted by molar-refractivity contribution is -0.129. The fourth-order valence-electron chi connectivity index (χ4n) is 1.61. The van der Waals surface area contributed by atoms with Gasteiger partial charge < -0.3 is 15.5 Å². The second kappa shape index (κ2) is 4.89. The van der Waals surface area contributed by atoms with Gasteiger partial charge in [0, 0.05) is 13.1 Å². The van der Waals surface area contributed by atoms with Gasteiger partial charge in [-0.25, -0.2) is 4.79 Å². The Balaban J connectivity index is 2.10. The number of carbonyl (C=O) groups excluding carboxylic acids is 1. The van der Waals surface area contributed by atoms with Gasteiger partial charge in [0.15, 0.2) is 5.58 Å². The van der Waals surface area contributed by atoms with Crippen LogP contribution in [0.4, 0.5) is 0 Å². The molecule has 0 fully saturated rings. The van der Waals surface area contributed by atoms with Crippen molar-refractivity contribution in [3.63, 3.8) is 0 Å². The molecule has 0 saturated carbocycles. The number of nitrogens with one attached hydrogen (secondary N) is 2. The molecule has 0 aliphatic carbocycles. The van der Waals surface area contributed by atoms with Crippen LogP contribution in [0, 0.1) is 5.41 Å². The molecule has 0 aliphatic heterocycles. The molecule has 0 saturated heterocycles. The number of aromatic nitrogens is 1. The quantitative estimate of drug-likeness (QED) is 0.756. The van der Waals surface area contributed by atoms with Gasteiger partial charge in [0.25, 0.3) is 0 Å². The van der Waals surface area contributed by atoms with Crippen LogP contribution >= 0.6 is 0 Å². The van der Waals surface area contributed by atoms with E-state index in [0.717, 1.165) is 5.56 Å². The number of rotatable bonds is 4. The molecule has 2 rings (SSSR count). The molecule has 2 aromatic rings. The molecule has 6 heteroatoms. The maximum atomic E-state index is 11.9. The van der Waals surface area contributed by atoms with E-state index >= 15 is 0 Å². The molecular formula is C13H17N3O3. The summed E-state index contributed by atoms with van der Waals surface area (Å²) in [6.45, 7) is 4.23. The van der Waals surface area contributed by atoms with E-state index in [1.807, 2.05) is 6.07 Å². The van der Waals surface area contributed by atoms with E-state index in [1.165, 1.54) is 0 Å². The van der Waals surface area contributed by atoms with Crippen LogP contribution in [0.1, 0.15) is 19.4 Å². The highest BCUT2D eigenvalue weighted by Crippen LogP contribution is 2.14. The summed E-state index contributed by atoms with van der Waals surface area (Å²) in [5.41, 5.74) is 6.93. The molecule has 4 N–H and O–H groups in total. The number of hydrogen-bond acceptors (Lipinski definition) is 4. The van der Waals surface area contributed by atoms with E-state index in [1.54, 1.807) is 26.0 Å². The van der Waals surface area contributed by atoms with E-state index in [0.29, 0.717) is 17.6 Å².